The zero-order valence-electron chi connectivity index (χ0n) is 121. The Morgan fingerprint density at radius 3 is 0.0966 bits per heavy atom. The summed E-state index contributed by atoms with van der Waals surface area (Å²) >= 11 is 0. The van der Waals surface area contributed by atoms with Crippen LogP contribution in [-0.2, 0) is 0 Å². The van der Waals surface area contributed by atoms with E-state index in [2.05, 4.69) is 429 Å². The van der Waals surface area contributed by atoms with E-state index in [9.17, 15) is 0 Å². The maximum absolute atomic E-state index is 2.25. The maximum atomic E-state index is 2.25. The predicted molar refractivity (Wildman–Crippen MR) is 735 cm³/mol. The lowest BCUT2D eigenvalue weighted by Crippen LogP contribution is -1.70. The van der Waals surface area contributed by atoms with Gasteiger partial charge in [0, 0.05) is 0 Å². The highest BCUT2D eigenvalue weighted by molar-refractivity contribution is 4.38. The lowest BCUT2D eigenvalue weighted by molar-refractivity contribution is 0.656. The van der Waals surface area contributed by atoms with E-state index in [1.54, 1.807) is 0 Å². The smallest absolute Gasteiger partial charge is 0.0533 e. The second-order valence-corrected chi connectivity index (χ2v) is 38.7. The molecule has 0 aromatic heterocycles. The molecule has 0 aliphatic rings. The molecule has 0 fully saturated rings. The zero-order valence-corrected chi connectivity index (χ0v) is 121. The van der Waals surface area contributed by atoms with Gasteiger partial charge in [0.05, 0.1) is 0 Å². The van der Waals surface area contributed by atoms with Gasteiger partial charge in [0.1, 0.15) is 0 Å². The standard InChI is InChI=1S/C7H16.3C6H14.17C5H12.5C4H10.5C3H8/c1-3-5-7-6-4-2;3*1-3-5-6-4-2;17*1-3-5-4-2;5*1-3-4-2;5*1-3-2/h3-7H2,1-2H3;3*3-6H2,1-2H3;17*3-5H2,1-2H3;5*3-4H2,1-2H3;5*3H2,1-2H3. The topological polar surface area (TPSA) is 0 Å². The van der Waals surface area contributed by atoms with E-state index in [-0.39, 0.29) is 0 Å². The van der Waals surface area contributed by atoms with Crippen LogP contribution < -0.4 is 0 Å². The average Bonchev–Trinajstić information content (AvgIpc) is 1.24. The van der Waals surface area contributed by atoms with E-state index in [1.165, 1.54) is 533 Å². The largest absolute Gasteiger partial charge is 0.0656 e. The van der Waals surface area contributed by atoms with Gasteiger partial charge >= 0.3 is 0 Å². The Morgan fingerprint density at radius 1 is 0.0414 bits per heavy atom. The Hall–Kier alpha value is 0. The van der Waals surface area contributed by atoms with Crippen molar-refractivity contribution in [3.05, 3.63) is 0 Å². The summed E-state index contributed by atoms with van der Waals surface area (Å²) in [7, 11) is 0. The second kappa shape index (κ2) is 427. The summed E-state index contributed by atoms with van der Waals surface area (Å²) in [6, 6.07) is 0. The van der Waals surface area contributed by atoms with Crippen LogP contribution in [0.25, 0.3) is 0 Å². The van der Waals surface area contributed by atoms with Crippen molar-refractivity contribution in [3.63, 3.8) is 0 Å². The van der Waals surface area contributed by atoms with Crippen molar-refractivity contribution < 1.29 is 0 Å². The van der Waals surface area contributed by atoms with Crippen LogP contribution in [0.15, 0.2) is 0 Å². The summed E-state index contributed by atoms with van der Waals surface area (Å²) in [6.45, 7) is 136. The van der Waals surface area contributed by atoms with Gasteiger partial charge in [-0.1, -0.05) is 962 Å². The van der Waals surface area contributed by atoms with Crippen molar-refractivity contribution >= 4 is 0 Å². The fourth-order valence-corrected chi connectivity index (χ4v) is 8.19. The van der Waals surface area contributed by atoms with Gasteiger partial charge < -0.3 is 0 Å². The normalized spacial score (nSPS) is 8.15. The molecule has 0 aliphatic heterocycles. The maximum Gasteiger partial charge on any atom is -0.0533 e. The van der Waals surface area contributed by atoms with Gasteiger partial charge in [0.25, 0.3) is 0 Å². The Kier molecular flexibility index (Phi) is 682. The molecule has 0 saturated heterocycles. The highest BCUT2D eigenvalue weighted by atomic mass is 13.9. The lowest BCUT2D eigenvalue weighted by atomic mass is 10.2. The first-order chi connectivity index (χ1) is 69.8. The molecule has 0 heterocycles. The SMILES string of the molecule is CCC.CCC.CCC.CCC.CCC.CCCC.CCCC.CCCC.CCCC.CCCC.CCCCC.CCCCC.CCCCC.CCCCC.CCCCC.CCCCC.CCCCC.CCCCC.CCCCC.CCCCC.CCCCC.CCCCC.CCCCC.CCCCC.CCCCC.CCCCC.CCCCC.CCCCCC.CCCCCC.CCCCCC.CCCCCCC. The summed E-state index contributed by atoms with van der Waals surface area (Å²) in [6.07, 6.45) is 112. The van der Waals surface area contributed by atoms with Crippen LogP contribution in [-0.4, -0.2) is 0 Å². The fourth-order valence-electron chi connectivity index (χ4n) is 8.19. The monoisotopic (exact) mass is 2090 g/mol. The molecule has 0 aromatic carbocycles. The average molecular weight is 2100 g/mol. The van der Waals surface area contributed by atoms with E-state index in [1.807, 2.05) is 0 Å². The van der Waals surface area contributed by atoms with E-state index >= 15 is 0 Å². The van der Waals surface area contributed by atoms with Crippen LogP contribution in [0.4, 0.5) is 0 Å². The van der Waals surface area contributed by atoms with Gasteiger partial charge in [-0.15, -0.1) is 0 Å². The first-order valence-electron chi connectivity index (χ1n) is 69.8. The molecular formula is C145H352. The van der Waals surface area contributed by atoms with Gasteiger partial charge in [-0.25, -0.2) is 0 Å². The van der Waals surface area contributed by atoms with Gasteiger partial charge in [-0.05, 0) is 0 Å². The molecule has 0 aliphatic carbocycles. The highest BCUT2D eigenvalue weighted by Gasteiger charge is 1.83. The number of hydrogen-bond donors (Lipinski definition) is 0. The lowest BCUT2D eigenvalue weighted by Gasteiger charge is -1.90. The van der Waals surface area contributed by atoms with Crippen molar-refractivity contribution in [1.29, 1.82) is 0 Å². The van der Waals surface area contributed by atoms with Crippen molar-refractivity contribution in [3.8, 4) is 0 Å². The van der Waals surface area contributed by atoms with E-state index < -0.39 is 0 Å². The Morgan fingerprint density at radius 2 is 0.0759 bits per heavy atom. The van der Waals surface area contributed by atoms with Crippen molar-refractivity contribution in [2.75, 3.05) is 0 Å². The third-order valence-corrected chi connectivity index (χ3v) is 18.6. The van der Waals surface area contributed by atoms with Crippen LogP contribution in [0.2, 0.25) is 0 Å². The van der Waals surface area contributed by atoms with Gasteiger partial charge in [0.2, 0.25) is 0 Å². The molecule has 0 atom stereocenters. The fraction of sp³-hybridized carbons (Fsp3) is 1.00. The first-order valence-corrected chi connectivity index (χ1v) is 69.8. The van der Waals surface area contributed by atoms with Gasteiger partial charge in [-0.3, -0.25) is 0 Å². The quantitative estimate of drug-likeness (QED) is 0.0533. The third-order valence-electron chi connectivity index (χ3n) is 18.6. The summed E-state index contributed by atoms with van der Waals surface area (Å²) in [5.74, 6) is 0. The van der Waals surface area contributed by atoms with Crippen LogP contribution in [0, 0.1) is 0 Å². The van der Waals surface area contributed by atoms with Crippen LogP contribution in [0.3, 0.4) is 0 Å². The van der Waals surface area contributed by atoms with Crippen molar-refractivity contribution in [1.82, 2.24) is 0 Å². The Labute approximate surface area is 955 Å². The van der Waals surface area contributed by atoms with E-state index in [0.29, 0.717) is 0 Å². The molecule has 0 unspecified atom stereocenters. The minimum absolute atomic E-state index is 1.25. The van der Waals surface area contributed by atoms with E-state index in [4.69, 9.17) is 0 Å². The first kappa shape index (κ1) is 231. The Balaban J connectivity index is -0.0000000320. The summed E-state index contributed by atoms with van der Waals surface area (Å²) in [4.78, 5) is 0. The van der Waals surface area contributed by atoms with Crippen LogP contribution >= 0.6 is 0 Å². The number of rotatable bonds is 52. The molecule has 0 saturated carbocycles. The molecule has 0 spiro atoms. The third kappa shape index (κ3) is 1070. The molecule has 0 amide bonds. The van der Waals surface area contributed by atoms with Gasteiger partial charge in [-0.2, -0.15) is 0 Å². The molecule has 145 heavy (non-hydrogen) atoms. The van der Waals surface area contributed by atoms with Crippen LogP contribution in [0.1, 0.15) is 962 Å². The predicted octanol–water partition coefficient (Wildman–Crippen LogP) is 64.2. The highest BCUT2D eigenvalue weighted by Crippen LogP contribution is 2.03. The van der Waals surface area contributed by atoms with E-state index in [0.717, 1.165) is 0 Å². The summed E-state index contributed by atoms with van der Waals surface area (Å²) < 4.78 is 0. The molecule has 0 nitrogen and oxygen atoms in total. The van der Waals surface area contributed by atoms with Gasteiger partial charge in [0.15, 0.2) is 0 Å². The molecule has 0 rings (SSSR count). The number of hydrogen-bond acceptors (Lipinski definition) is 0. The molecule has 0 radical (unpaired) electrons. The van der Waals surface area contributed by atoms with Crippen LogP contribution in [0.5, 0.6) is 0 Å². The molecule has 0 N–H and O–H groups in total. The molecular weight excluding hydrogens is 1740 g/mol. The number of unbranched alkanes of at least 4 members (excludes halogenated alkanes) is 52. The molecule has 0 aromatic rings. The van der Waals surface area contributed by atoms with Crippen molar-refractivity contribution in [2.45, 2.75) is 962 Å². The zero-order chi connectivity index (χ0) is 121. The molecule has 0 heteroatoms. The minimum Gasteiger partial charge on any atom is -0.0656 e. The summed E-state index contributed by atoms with van der Waals surface area (Å²) in [5.41, 5.74) is 0. The summed E-state index contributed by atoms with van der Waals surface area (Å²) in [5, 5.41) is 0. The Bertz CT molecular complexity index is 736. The minimum atomic E-state index is 1.25. The second-order valence-electron chi connectivity index (χ2n) is 38.7. The molecule has 0 bridgehead atoms. The van der Waals surface area contributed by atoms with Crippen molar-refractivity contribution in [2.24, 2.45) is 0 Å². The molecule has 932 valence electrons.